The first-order valence-corrected chi connectivity index (χ1v) is 6.18. The molecule has 0 radical (unpaired) electrons. The van der Waals surface area contributed by atoms with Crippen molar-refractivity contribution >= 4 is 27.3 Å². The van der Waals surface area contributed by atoms with Crippen LogP contribution in [0.1, 0.15) is 17.3 Å². The average molecular weight is 314 g/mol. The second kappa shape index (κ2) is 4.97. The highest BCUT2D eigenvalue weighted by Gasteiger charge is 2.08. The third-order valence-corrected chi connectivity index (χ3v) is 3.20. The van der Waals surface area contributed by atoms with Crippen molar-refractivity contribution in [1.29, 1.82) is 0 Å². The monoisotopic (exact) mass is 313 g/mol. The second-order valence-corrected chi connectivity index (χ2v) is 4.81. The van der Waals surface area contributed by atoms with Crippen LogP contribution < -0.4 is 11.1 Å². The number of hydrogen-bond donors (Lipinski definition) is 2. The molecule has 6 heteroatoms. The fraction of sp³-hybridized carbons (Fsp3) is 0.250. The number of benzene rings is 1. The normalized spacial score (nSPS) is 10.7. The minimum Gasteiger partial charge on any atom is -0.444 e. The van der Waals surface area contributed by atoms with Gasteiger partial charge in [0, 0.05) is 6.07 Å². The van der Waals surface area contributed by atoms with Gasteiger partial charge in [-0.25, -0.2) is 9.37 Å². The fourth-order valence-corrected chi connectivity index (χ4v) is 1.86. The molecule has 3 N–H and O–H groups in total. The first kappa shape index (κ1) is 12.9. The molecule has 0 amide bonds. The predicted molar refractivity (Wildman–Crippen MR) is 71.8 cm³/mol. The molecule has 0 aliphatic heterocycles. The molecule has 0 aliphatic rings. The van der Waals surface area contributed by atoms with Crippen molar-refractivity contribution < 1.29 is 8.81 Å². The number of rotatable bonds is 3. The maximum atomic E-state index is 13.4. The zero-order valence-electron chi connectivity index (χ0n) is 10.1. The Morgan fingerprint density at radius 1 is 1.44 bits per heavy atom. The number of anilines is 2. The largest absolute Gasteiger partial charge is 0.444 e. The number of hydrogen-bond acceptors (Lipinski definition) is 4. The lowest BCUT2D eigenvalue weighted by molar-refractivity contribution is 0.478. The summed E-state index contributed by atoms with van der Waals surface area (Å²) in [7, 11) is 0. The Hall–Kier alpha value is -1.56. The molecule has 0 saturated heterocycles. The van der Waals surface area contributed by atoms with Crippen molar-refractivity contribution in [2.24, 2.45) is 0 Å². The van der Waals surface area contributed by atoms with Crippen LogP contribution in [0.15, 0.2) is 21.0 Å². The fourth-order valence-electron chi connectivity index (χ4n) is 1.50. The molecule has 0 unspecified atom stereocenters. The topological polar surface area (TPSA) is 64.1 Å². The van der Waals surface area contributed by atoms with Gasteiger partial charge in [0.1, 0.15) is 11.6 Å². The number of nitrogen functional groups attached to an aromatic ring is 1. The third-order valence-electron chi connectivity index (χ3n) is 2.60. The van der Waals surface area contributed by atoms with Crippen LogP contribution >= 0.6 is 15.9 Å². The van der Waals surface area contributed by atoms with E-state index >= 15 is 0 Å². The molecule has 1 aromatic carbocycles. The van der Waals surface area contributed by atoms with Crippen molar-refractivity contribution in [2.75, 3.05) is 11.1 Å². The summed E-state index contributed by atoms with van der Waals surface area (Å²) in [5.41, 5.74) is 7.61. The zero-order valence-corrected chi connectivity index (χ0v) is 11.6. The minimum atomic E-state index is -0.369. The summed E-state index contributed by atoms with van der Waals surface area (Å²) in [6, 6.07) is 2.85. The van der Waals surface area contributed by atoms with E-state index in [0.717, 1.165) is 11.5 Å². The summed E-state index contributed by atoms with van der Waals surface area (Å²) < 4.78 is 19.1. The van der Waals surface area contributed by atoms with Crippen LogP contribution in [0.25, 0.3) is 0 Å². The van der Waals surface area contributed by atoms with Crippen LogP contribution in [0, 0.1) is 19.7 Å². The van der Waals surface area contributed by atoms with Gasteiger partial charge in [0.2, 0.25) is 5.89 Å². The van der Waals surface area contributed by atoms with Gasteiger partial charge < -0.3 is 15.5 Å². The Balaban J connectivity index is 2.13. The van der Waals surface area contributed by atoms with Gasteiger partial charge in [-0.3, -0.25) is 0 Å². The van der Waals surface area contributed by atoms with Gasteiger partial charge >= 0.3 is 0 Å². The smallest absolute Gasteiger partial charge is 0.213 e. The number of nitrogens with zero attached hydrogens (tertiary/aromatic N) is 1. The van der Waals surface area contributed by atoms with Crippen LogP contribution in [0.5, 0.6) is 0 Å². The van der Waals surface area contributed by atoms with Crippen LogP contribution in [-0.2, 0) is 6.54 Å². The molecular weight excluding hydrogens is 301 g/mol. The van der Waals surface area contributed by atoms with E-state index in [1.165, 1.54) is 12.1 Å². The highest BCUT2D eigenvalue weighted by Crippen LogP contribution is 2.26. The quantitative estimate of drug-likeness (QED) is 0.853. The lowest BCUT2D eigenvalue weighted by atomic mass is 10.2. The SMILES string of the molecule is Cc1nc(CNc2cc(F)c(Br)cc2N)oc1C. The maximum absolute atomic E-state index is 13.4. The second-order valence-electron chi connectivity index (χ2n) is 3.96. The Kier molecular flexibility index (Phi) is 3.56. The van der Waals surface area contributed by atoms with Crippen LogP contribution in [0.3, 0.4) is 0 Å². The lowest BCUT2D eigenvalue weighted by Gasteiger charge is -2.08. The molecule has 0 saturated carbocycles. The number of oxazole rings is 1. The Morgan fingerprint density at radius 3 is 2.78 bits per heavy atom. The van der Waals surface area contributed by atoms with Gasteiger partial charge in [0.05, 0.1) is 28.1 Å². The van der Waals surface area contributed by atoms with E-state index in [-0.39, 0.29) is 5.82 Å². The molecule has 0 aliphatic carbocycles. The molecule has 0 fully saturated rings. The van der Waals surface area contributed by atoms with E-state index < -0.39 is 0 Å². The molecule has 96 valence electrons. The standard InChI is InChI=1S/C12H13BrFN3O/c1-6-7(2)18-12(17-6)5-16-11-4-9(14)8(13)3-10(11)15/h3-4,16H,5,15H2,1-2H3. The van der Waals surface area contributed by atoms with Crippen molar-refractivity contribution in [1.82, 2.24) is 4.98 Å². The highest BCUT2D eigenvalue weighted by molar-refractivity contribution is 9.10. The summed E-state index contributed by atoms with van der Waals surface area (Å²) in [6.45, 7) is 4.08. The van der Waals surface area contributed by atoms with Crippen molar-refractivity contribution in [2.45, 2.75) is 20.4 Å². The molecule has 2 aromatic rings. The van der Waals surface area contributed by atoms with E-state index in [4.69, 9.17) is 10.2 Å². The van der Waals surface area contributed by atoms with Gasteiger partial charge in [-0.15, -0.1) is 0 Å². The van der Waals surface area contributed by atoms with E-state index in [2.05, 4.69) is 26.2 Å². The van der Waals surface area contributed by atoms with Crippen molar-refractivity contribution in [3.8, 4) is 0 Å². The molecule has 1 aromatic heterocycles. The summed E-state index contributed by atoms with van der Waals surface area (Å²) in [5, 5.41) is 3.00. The first-order valence-electron chi connectivity index (χ1n) is 5.38. The predicted octanol–water partition coefficient (Wildman–Crippen LogP) is 3.39. The lowest BCUT2D eigenvalue weighted by Crippen LogP contribution is -2.03. The van der Waals surface area contributed by atoms with E-state index in [1.807, 2.05) is 13.8 Å². The molecule has 0 spiro atoms. The first-order chi connectivity index (χ1) is 8.47. The Labute approximate surface area is 113 Å². The van der Waals surface area contributed by atoms with Gasteiger partial charge in [0.15, 0.2) is 0 Å². The molecule has 2 rings (SSSR count). The molecular formula is C12H13BrFN3O. The number of aromatic nitrogens is 1. The number of aryl methyl sites for hydroxylation is 2. The Bertz CT molecular complexity index is 563. The van der Waals surface area contributed by atoms with E-state index in [1.54, 1.807) is 0 Å². The summed E-state index contributed by atoms with van der Waals surface area (Å²) in [6.07, 6.45) is 0. The molecule has 0 atom stereocenters. The van der Waals surface area contributed by atoms with E-state index in [0.29, 0.717) is 28.3 Å². The number of nitrogens with one attached hydrogen (secondary N) is 1. The molecule has 1 heterocycles. The minimum absolute atomic E-state index is 0.341. The number of halogens is 2. The van der Waals surface area contributed by atoms with E-state index in [9.17, 15) is 4.39 Å². The Morgan fingerprint density at radius 2 is 2.17 bits per heavy atom. The summed E-state index contributed by atoms with van der Waals surface area (Å²) in [4.78, 5) is 4.22. The van der Waals surface area contributed by atoms with Crippen molar-refractivity contribution in [3.05, 3.63) is 39.8 Å². The number of nitrogens with two attached hydrogens (primary N) is 1. The summed E-state index contributed by atoms with van der Waals surface area (Å²) >= 11 is 3.08. The summed E-state index contributed by atoms with van der Waals surface area (Å²) in [5.74, 6) is 0.959. The molecule has 18 heavy (non-hydrogen) atoms. The van der Waals surface area contributed by atoms with Crippen LogP contribution in [-0.4, -0.2) is 4.98 Å². The third kappa shape index (κ3) is 2.64. The molecule has 4 nitrogen and oxygen atoms in total. The highest BCUT2D eigenvalue weighted by atomic mass is 79.9. The van der Waals surface area contributed by atoms with Gasteiger partial charge in [-0.1, -0.05) is 0 Å². The maximum Gasteiger partial charge on any atom is 0.213 e. The van der Waals surface area contributed by atoms with Gasteiger partial charge in [0.25, 0.3) is 0 Å². The molecule has 0 bridgehead atoms. The van der Waals surface area contributed by atoms with Crippen LogP contribution in [0.4, 0.5) is 15.8 Å². The zero-order chi connectivity index (χ0) is 13.3. The van der Waals surface area contributed by atoms with Gasteiger partial charge in [-0.05, 0) is 35.8 Å². The van der Waals surface area contributed by atoms with Crippen LogP contribution in [0.2, 0.25) is 0 Å². The average Bonchev–Trinajstić information content (AvgIpc) is 2.62. The van der Waals surface area contributed by atoms with Gasteiger partial charge in [-0.2, -0.15) is 0 Å². The van der Waals surface area contributed by atoms with Crippen molar-refractivity contribution in [3.63, 3.8) is 0 Å².